The van der Waals surface area contributed by atoms with Gasteiger partial charge < -0.3 is 20.1 Å². The molecular weight excluding hydrogens is 502 g/mol. The van der Waals surface area contributed by atoms with E-state index in [9.17, 15) is 18.0 Å². The molecule has 0 radical (unpaired) electrons. The maximum atomic E-state index is 12.9. The van der Waals surface area contributed by atoms with E-state index in [4.69, 9.17) is 9.47 Å². The molecule has 1 unspecified atom stereocenters. The van der Waals surface area contributed by atoms with Crippen LogP contribution in [0.3, 0.4) is 0 Å². The molecule has 172 valence electrons. The third-order valence-corrected chi connectivity index (χ3v) is 7.31. The van der Waals surface area contributed by atoms with Gasteiger partial charge in [0, 0.05) is 17.6 Å². The average Bonchev–Trinajstić information content (AvgIpc) is 3.27. The fourth-order valence-electron chi connectivity index (χ4n) is 3.24. The third kappa shape index (κ3) is 5.85. The van der Waals surface area contributed by atoms with Gasteiger partial charge in [-0.25, -0.2) is 8.42 Å². The van der Waals surface area contributed by atoms with Crippen molar-refractivity contribution in [1.29, 1.82) is 0 Å². The molecule has 0 aliphatic carbocycles. The van der Waals surface area contributed by atoms with Crippen LogP contribution < -0.4 is 15.4 Å². The maximum absolute atomic E-state index is 12.9. The standard InChI is InChI=1S/C21H24BrN3O6S/c1-30-18-5-3-2-4-15(18)10-11-23-20(26)21(27)24-14-19-25(12-13-31-19)32(28,29)17-8-6-16(22)7-9-17/h2-9,19H,10-14H2,1H3,(H,23,26)(H,24,27). The van der Waals surface area contributed by atoms with Crippen molar-refractivity contribution in [2.75, 3.05) is 33.4 Å². The van der Waals surface area contributed by atoms with Gasteiger partial charge in [0.1, 0.15) is 12.0 Å². The van der Waals surface area contributed by atoms with Crippen LogP contribution >= 0.6 is 15.9 Å². The van der Waals surface area contributed by atoms with Gasteiger partial charge in [0.2, 0.25) is 10.0 Å². The summed E-state index contributed by atoms with van der Waals surface area (Å²) in [6.45, 7) is 0.455. The highest BCUT2D eigenvalue weighted by Crippen LogP contribution is 2.23. The van der Waals surface area contributed by atoms with Crippen LogP contribution in [0.1, 0.15) is 5.56 Å². The Morgan fingerprint density at radius 2 is 1.81 bits per heavy atom. The Bertz CT molecular complexity index is 1060. The summed E-state index contributed by atoms with van der Waals surface area (Å²) in [5.41, 5.74) is 0.906. The summed E-state index contributed by atoms with van der Waals surface area (Å²) in [6, 6.07) is 13.7. The lowest BCUT2D eigenvalue weighted by Gasteiger charge is -2.22. The van der Waals surface area contributed by atoms with E-state index in [0.29, 0.717) is 12.2 Å². The fourth-order valence-corrected chi connectivity index (χ4v) is 5.02. The molecule has 0 spiro atoms. The van der Waals surface area contributed by atoms with Crippen molar-refractivity contribution < 1.29 is 27.5 Å². The number of hydrogen-bond acceptors (Lipinski definition) is 6. The Hall–Kier alpha value is -2.47. The molecule has 2 N–H and O–H groups in total. The first-order chi connectivity index (χ1) is 15.3. The number of nitrogens with zero attached hydrogens (tertiary/aromatic N) is 1. The predicted octanol–water partition coefficient (Wildman–Crippen LogP) is 1.28. The van der Waals surface area contributed by atoms with Crippen LogP contribution in [0.2, 0.25) is 0 Å². The fraction of sp³-hybridized carbons (Fsp3) is 0.333. The number of amides is 2. The number of nitrogens with one attached hydrogen (secondary N) is 2. The highest BCUT2D eigenvalue weighted by atomic mass is 79.9. The summed E-state index contributed by atoms with van der Waals surface area (Å²) in [5.74, 6) is -0.960. The van der Waals surface area contributed by atoms with Crippen LogP contribution in [0, 0.1) is 0 Å². The number of methoxy groups -OCH3 is 1. The Kier molecular flexibility index (Phi) is 8.24. The van der Waals surface area contributed by atoms with E-state index in [-0.39, 0.29) is 31.1 Å². The quantitative estimate of drug-likeness (QED) is 0.501. The van der Waals surface area contributed by atoms with Crippen LogP contribution in [-0.4, -0.2) is 64.1 Å². The van der Waals surface area contributed by atoms with Gasteiger partial charge in [-0.05, 0) is 42.3 Å². The zero-order chi connectivity index (χ0) is 23.1. The Labute approximate surface area is 195 Å². The Morgan fingerprint density at radius 1 is 1.12 bits per heavy atom. The Balaban J connectivity index is 1.51. The molecule has 1 fully saturated rings. The van der Waals surface area contributed by atoms with Crippen molar-refractivity contribution in [3.8, 4) is 5.75 Å². The summed E-state index contributed by atoms with van der Waals surface area (Å²) in [5, 5.41) is 4.99. The molecule has 1 atom stereocenters. The van der Waals surface area contributed by atoms with Crippen molar-refractivity contribution in [2.24, 2.45) is 0 Å². The van der Waals surface area contributed by atoms with Crippen molar-refractivity contribution in [2.45, 2.75) is 17.5 Å². The lowest BCUT2D eigenvalue weighted by molar-refractivity contribution is -0.139. The minimum atomic E-state index is -3.80. The summed E-state index contributed by atoms with van der Waals surface area (Å²) in [6.07, 6.45) is -0.400. The van der Waals surface area contributed by atoms with Crippen molar-refractivity contribution in [3.63, 3.8) is 0 Å². The van der Waals surface area contributed by atoms with E-state index in [2.05, 4.69) is 26.6 Å². The molecule has 2 aromatic carbocycles. The second kappa shape index (κ2) is 10.9. The zero-order valence-corrected chi connectivity index (χ0v) is 19.8. The minimum absolute atomic E-state index is 0.122. The second-order valence-corrected chi connectivity index (χ2v) is 9.73. The van der Waals surface area contributed by atoms with E-state index in [1.165, 1.54) is 16.4 Å². The summed E-state index contributed by atoms with van der Waals surface area (Å²) < 4.78 is 38.4. The maximum Gasteiger partial charge on any atom is 0.309 e. The number of sulfonamides is 1. The molecule has 32 heavy (non-hydrogen) atoms. The van der Waals surface area contributed by atoms with Gasteiger partial charge in [-0.15, -0.1) is 0 Å². The van der Waals surface area contributed by atoms with Crippen molar-refractivity contribution in [1.82, 2.24) is 14.9 Å². The summed E-state index contributed by atoms with van der Waals surface area (Å²) in [4.78, 5) is 24.4. The molecule has 1 aliphatic heterocycles. The number of rotatable bonds is 8. The molecule has 11 heteroatoms. The molecule has 0 bridgehead atoms. The van der Waals surface area contributed by atoms with Crippen molar-refractivity contribution in [3.05, 3.63) is 58.6 Å². The largest absolute Gasteiger partial charge is 0.496 e. The smallest absolute Gasteiger partial charge is 0.309 e. The monoisotopic (exact) mass is 525 g/mol. The van der Waals surface area contributed by atoms with Crippen LogP contribution in [0.15, 0.2) is 57.9 Å². The molecule has 9 nitrogen and oxygen atoms in total. The first kappa shape index (κ1) is 24.2. The lowest BCUT2D eigenvalue weighted by Crippen LogP contribution is -2.47. The number of carbonyl (C=O) groups excluding carboxylic acids is 2. The van der Waals surface area contributed by atoms with Gasteiger partial charge >= 0.3 is 11.8 Å². The summed E-state index contributed by atoms with van der Waals surface area (Å²) in [7, 11) is -2.23. The SMILES string of the molecule is COc1ccccc1CCNC(=O)C(=O)NCC1OCCN1S(=O)(=O)c1ccc(Br)cc1. The molecule has 1 heterocycles. The van der Waals surface area contributed by atoms with E-state index >= 15 is 0 Å². The number of hydrogen-bond donors (Lipinski definition) is 2. The minimum Gasteiger partial charge on any atom is -0.496 e. The van der Waals surface area contributed by atoms with E-state index in [1.54, 1.807) is 19.2 Å². The predicted molar refractivity (Wildman–Crippen MR) is 120 cm³/mol. The van der Waals surface area contributed by atoms with Crippen LogP contribution in [0.25, 0.3) is 0 Å². The highest BCUT2D eigenvalue weighted by Gasteiger charge is 2.36. The number of benzene rings is 2. The molecule has 1 aliphatic rings. The van der Waals surface area contributed by atoms with Crippen LogP contribution in [-0.2, 0) is 30.8 Å². The molecule has 0 saturated carbocycles. The van der Waals surface area contributed by atoms with Gasteiger partial charge in [0.15, 0.2) is 0 Å². The highest BCUT2D eigenvalue weighted by molar-refractivity contribution is 9.10. The molecule has 1 saturated heterocycles. The number of carbonyl (C=O) groups is 2. The summed E-state index contributed by atoms with van der Waals surface area (Å²) >= 11 is 3.28. The van der Waals surface area contributed by atoms with Gasteiger partial charge in [-0.3, -0.25) is 9.59 Å². The number of ether oxygens (including phenoxy) is 2. The van der Waals surface area contributed by atoms with Gasteiger partial charge in [0.05, 0.1) is 25.2 Å². The van der Waals surface area contributed by atoms with Gasteiger partial charge in [0.25, 0.3) is 0 Å². The van der Waals surface area contributed by atoms with Crippen LogP contribution in [0.4, 0.5) is 0 Å². The molecule has 2 aromatic rings. The second-order valence-electron chi connectivity index (χ2n) is 6.92. The van der Waals surface area contributed by atoms with Gasteiger partial charge in [-0.1, -0.05) is 34.1 Å². The first-order valence-corrected chi connectivity index (χ1v) is 12.1. The molecule has 3 rings (SSSR count). The molecule has 0 aromatic heterocycles. The molecular formula is C21H24BrN3O6S. The third-order valence-electron chi connectivity index (χ3n) is 4.88. The van der Waals surface area contributed by atoms with E-state index in [0.717, 1.165) is 10.0 Å². The van der Waals surface area contributed by atoms with Gasteiger partial charge in [-0.2, -0.15) is 4.31 Å². The normalized spacial score (nSPS) is 16.5. The lowest BCUT2D eigenvalue weighted by atomic mass is 10.1. The number of halogens is 1. The average molecular weight is 526 g/mol. The van der Waals surface area contributed by atoms with Crippen molar-refractivity contribution >= 4 is 37.8 Å². The topological polar surface area (TPSA) is 114 Å². The van der Waals surface area contributed by atoms with E-state index in [1.807, 2.05) is 24.3 Å². The van der Waals surface area contributed by atoms with E-state index < -0.39 is 28.1 Å². The Morgan fingerprint density at radius 3 is 2.53 bits per heavy atom. The van der Waals surface area contributed by atoms with Crippen LogP contribution in [0.5, 0.6) is 5.75 Å². The molecule has 2 amide bonds. The first-order valence-electron chi connectivity index (χ1n) is 9.90. The zero-order valence-electron chi connectivity index (χ0n) is 17.4. The number of para-hydroxylation sites is 1.